The highest BCUT2D eigenvalue weighted by Crippen LogP contribution is 2.38. The fourth-order valence-corrected chi connectivity index (χ4v) is 4.68. The summed E-state index contributed by atoms with van der Waals surface area (Å²) in [5.74, 6) is -0.148. The van der Waals surface area contributed by atoms with E-state index in [0.29, 0.717) is 17.1 Å². The van der Waals surface area contributed by atoms with Crippen molar-refractivity contribution in [1.82, 2.24) is 0 Å². The van der Waals surface area contributed by atoms with Crippen LogP contribution in [0.5, 0.6) is 5.75 Å². The van der Waals surface area contributed by atoms with Gasteiger partial charge in [0.05, 0.1) is 17.7 Å². The molecular formula is C28H23N3O5S. The molecule has 4 aromatic carbocycles. The van der Waals surface area contributed by atoms with Gasteiger partial charge in [-0.2, -0.15) is 0 Å². The van der Waals surface area contributed by atoms with E-state index in [2.05, 4.69) is 10.6 Å². The molecule has 2 amide bonds. The van der Waals surface area contributed by atoms with Gasteiger partial charge in [0, 0.05) is 28.3 Å². The summed E-state index contributed by atoms with van der Waals surface area (Å²) in [6.07, 6.45) is 0. The molecule has 1 atom stereocenters. The van der Waals surface area contributed by atoms with E-state index in [9.17, 15) is 19.7 Å². The molecule has 9 heteroatoms. The summed E-state index contributed by atoms with van der Waals surface area (Å²) in [5.41, 5.74) is 1.88. The standard InChI is InChI=1S/C28H23N3O5S/c1-36-25-16-6-5-15-24(25)30-28(33)26(19-9-3-2-4-10-19)37-23-14-8-12-21(18-23)29-27(32)20-11-7-13-22(17-20)31(34)35/h2-18,26H,1H3,(H,29,32)(H,30,33). The molecule has 0 aliphatic carbocycles. The first kappa shape index (κ1) is 25.5. The van der Waals surface area contributed by atoms with Crippen molar-refractivity contribution in [2.75, 3.05) is 17.7 Å². The number of amides is 2. The van der Waals surface area contributed by atoms with Gasteiger partial charge in [-0.05, 0) is 42.0 Å². The smallest absolute Gasteiger partial charge is 0.270 e. The summed E-state index contributed by atoms with van der Waals surface area (Å²) in [4.78, 5) is 37.3. The summed E-state index contributed by atoms with van der Waals surface area (Å²) in [5, 5.41) is 16.2. The van der Waals surface area contributed by atoms with Crippen LogP contribution in [-0.2, 0) is 4.79 Å². The van der Waals surface area contributed by atoms with E-state index in [1.54, 1.807) is 37.4 Å². The average molecular weight is 514 g/mol. The summed E-state index contributed by atoms with van der Waals surface area (Å²) in [7, 11) is 1.54. The Morgan fingerprint density at radius 3 is 2.35 bits per heavy atom. The number of hydrogen-bond donors (Lipinski definition) is 2. The molecule has 1 unspecified atom stereocenters. The molecule has 0 bridgehead atoms. The maximum Gasteiger partial charge on any atom is 0.270 e. The Morgan fingerprint density at radius 2 is 1.59 bits per heavy atom. The quantitative estimate of drug-likeness (QED) is 0.154. The number of carbonyl (C=O) groups is 2. The lowest BCUT2D eigenvalue weighted by Crippen LogP contribution is -2.19. The van der Waals surface area contributed by atoms with E-state index < -0.39 is 16.1 Å². The average Bonchev–Trinajstić information content (AvgIpc) is 2.92. The van der Waals surface area contributed by atoms with E-state index in [0.717, 1.165) is 10.5 Å². The van der Waals surface area contributed by atoms with Crippen molar-refractivity contribution in [2.45, 2.75) is 10.1 Å². The molecule has 186 valence electrons. The van der Waals surface area contributed by atoms with Gasteiger partial charge in [0.2, 0.25) is 5.91 Å². The van der Waals surface area contributed by atoms with Gasteiger partial charge >= 0.3 is 0 Å². The number of nitro groups is 1. The Labute approximate surface area is 217 Å². The minimum Gasteiger partial charge on any atom is -0.495 e. The number of nitrogens with zero attached hydrogens (tertiary/aromatic N) is 1. The number of hydrogen-bond acceptors (Lipinski definition) is 6. The fourth-order valence-electron chi connectivity index (χ4n) is 3.59. The van der Waals surface area contributed by atoms with Gasteiger partial charge in [-0.15, -0.1) is 11.8 Å². The van der Waals surface area contributed by atoms with Crippen molar-refractivity contribution >= 4 is 40.6 Å². The monoisotopic (exact) mass is 513 g/mol. The van der Waals surface area contributed by atoms with Crippen LogP contribution < -0.4 is 15.4 Å². The number of thioether (sulfide) groups is 1. The number of anilines is 2. The third-order valence-electron chi connectivity index (χ3n) is 5.37. The SMILES string of the molecule is COc1ccccc1NC(=O)C(Sc1cccc(NC(=O)c2cccc([N+](=O)[O-])c2)c1)c1ccccc1. The lowest BCUT2D eigenvalue weighted by Gasteiger charge is -2.18. The molecular weight excluding hydrogens is 490 g/mol. The summed E-state index contributed by atoms with van der Waals surface area (Å²) in [6.45, 7) is 0. The second-order valence-corrected chi connectivity index (χ2v) is 9.07. The normalized spacial score (nSPS) is 11.3. The van der Waals surface area contributed by atoms with Crippen molar-refractivity contribution in [2.24, 2.45) is 0 Å². The van der Waals surface area contributed by atoms with Crippen LogP contribution in [0.25, 0.3) is 0 Å². The molecule has 0 heterocycles. The van der Waals surface area contributed by atoms with Crippen LogP contribution in [0.4, 0.5) is 17.1 Å². The lowest BCUT2D eigenvalue weighted by atomic mass is 10.1. The Morgan fingerprint density at radius 1 is 0.865 bits per heavy atom. The van der Waals surface area contributed by atoms with Gasteiger partial charge in [-0.25, -0.2) is 0 Å². The Hall–Kier alpha value is -4.63. The van der Waals surface area contributed by atoms with E-state index >= 15 is 0 Å². The van der Waals surface area contributed by atoms with Crippen LogP contribution in [0.2, 0.25) is 0 Å². The zero-order valence-electron chi connectivity index (χ0n) is 19.8. The minimum atomic E-state index is -0.589. The highest BCUT2D eigenvalue weighted by Gasteiger charge is 2.23. The van der Waals surface area contributed by atoms with Gasteiger partial charge in [0.1, 0.15) is 11.0 Å². The zero-order valence-corrected chi connectivity index (χ0v) is 20.6. The third-order valence-corrected chi connectivity index (χ3v) is 6.62. The van der Waals surface area contributed by atoms with Crippen molar-refractivity contribution < 1.29 is 19.2 Å². The lowest BCUT2D eigenvalue weighted by molar-refractivity contribution is -0.384. The van der Waals surface area contributed by atoms with Gasteiger partial charge in [0.25, 0.3) is 11.6 Å². The third kappa shape index (κ3) is 6.53. The van der Waals surface area contributed by atoms with Gasteiger partial charge in [-0.1, -0.05) is 54.6 Å². The molecule has 0 saturated heterocycles. The number of carbonyl (C=O) groups excluding carboxylic acids is 2. The molecule has 4 aromatic rings. The molecule has 0 aromatic heterocycles. The molecule has 0 aliphatic heterocycles. The van der Waals surface area contributed by atoms with Gasteiger partial charge in [0.15, 0.2) is 0 Å². The molecule has 4 rings (SSSR count). The van der Waals surface area contributed by atoms with Crippen LogP contribution in [-0.4, -0.2) is 23.8 Å². The fraction of sp³-hybridized carbons (Fsp3) is 0.0714. The molecule has 37 heavy (non-hydrogen) atoms. The van der Waals surface area contributed by atoms with Gasteiger partial charge < -0.3 is 15.4 Å². The van der Waals surface area contributed by atoms with E-state index in [1.807, 2.05) is 48.5 Å². The molecule has 0 aliphatic rings. The Balaban J connectivity index is 1.55. The van der Waals surface area contributed by atoms with Crippen molar-refractivity contribution in [3.8, 4) is 5.75 Å². The van der Waals surface area contributed by atoms with Crippen LogP contribution in [0.15, 0.2) is 108 Å². The molecule has 0 spiro atoms. The van der Waals surface area contributed by atoms with Crippen molar-refractivity contribution in [3.63, 3.8) is 0 Å². The molecule has 0 radical (unpaired) electrons. The van der Waals surface area contributed by atoms with Crippen LogP contribution in [0.3, 0.4) is 0 Å². The van der Waals surface area contributed by atoms with Crippen molar-refractivity contribution in [3.05, 3.63) is 124 Å². The number of methoxy groups -OCH3 is 1. The molecule has 0 fully saturated rings. The Bertz CT molecular complexity index is 1430. The Kier molecular flexibility index (Phi) is 8.17. The second kappa shape index (κ2) is 11.9. The number of para-hydroxylation sites is 2. The number of rotatable bonds is 9. The number of non-ortho nitro benzene ring substituents is 1. The van der Waals surface area contributed by atoms with Crippen LogP contribution in [0.1, 0.15) is 21.2 Å². The van der Waals surface area contributed by atoms with E-state index in [-0.39, 0.29) is 17.2 Å². The number of ether oxygens (including phenoxy) is 1. The highest BCUT2D eigenvalue weighted by molar-refractivity contribution is 8.00. The van der Waals surface area contributed by atoms with Crippen LogP contribution >= 0.6 is 11.8 Å². The predicted molar refractivity (Wildman–Crippen MR) is 144 cm³/mol. The number of nitro benzene ring substituents is 1. The predicted octanol–water partition coefficient (Wildman–Crippen LogP) is 6.33. The topological polar surface area (TPSA) is 111 Å². The maximum atomic E-state index is 13.4. The highest BCUT2D eigenvalue weighted by atomic mass is 32.2. The first-order valence-electron chi connectivity index (χ1n) is 11.3. The number of benzene rings is 4. The first-order valence-corrected chi connectivity index (χ1v) is 12.1. The molecule has 8 nitrogen and oxygen atoms in total. The number of nitrogens with one attached hydrogen (secondary N) is 2. The van der Waals surface area contributed by atoms with Crippen molar-refractivity contribution in [1.29, 1.82) is 0 Å². The molecule has 0 saturated carbocycles. The first-order chi connectivity index (χ1) is 17.9. The molecule has 2 N–H and O–H groups in total. The summed E-state index contributed by atoms with van der Waals surface area (Å²) in [6, 6.07) is 29.2. The summed E-state index contributed by atoms with van der Waals surface area (Å²) < 4.78 is 5.36. The van der Waals surface area contributed by atoms with E-state index in [1.165, 1.54) is 36.0 Å². The van der Waals surface area contributed by atoms with E-state index in [4.69, 9.17) is 4.74 Å². The second-order valence-electron chi connectivity index (χ2n) is 7.89. The zero-order chi connectivity index (χ0) is 26.2. The van der Waals surface area contributed by atoms with Crippen LogP contribution in [0, 0.1) is 10.1 Å². The summed E-state index contributed by atoms with van der Waals surface area (Å²) >= 11 is 1.33. The largest absolute Gasteiger partial charge is 0.495 e. The maximum absolute atomic E-state index is 13.4. The van der Waals surface area contributed by atoms with Gasteiger partial charge in [-0.3, -0.25) is 19.7 Å². The minimum absolute atomic E-state index is 0.163.